The highest BCUT2D eigenvalue weighted by atomic mass is 15.2. The SMILES string of the molecule is Nc1cnccc1N1CC(c2ccccc2)C1. The van der Waals surface area contributed by atoms with Crippen LogP contribution >= 0.6 is 0 Å². The Kier molecular flexibility index (Phi) is 2.44. The maximum Gasteiger partial charge on any atom is 0.0738 e. The Morgan fingerprint density at radius 2 is 1.88 bits per heavy atom. The van der Waals surface area contributed by atoms with E-state index in [1.54, 1.807) is 12.4 Å². The van der Waals surface area contributed by atoms with Gasteiger partial charge in [0.1, 0.15) is 0 Å². The molecule has 1 aromatic heterocycles. The summed E-state index contributed by atoms with van der Waals surface area (Å²) in [5.41, 5.74) is 9.19. The summed E-state index contributed by atoms with van der Waals surface area (Å²) < 4.78 is 0. The number of hydrogen-bond acceptors (Lipinski definition) is 3. The van der Waals surface area contributed by atoms with E-state index in [-0.39, 0.29) is 0 Å². The van der Waals surface area contributed by atoms with Gasteiger partial charge in [-0.25, -0.2) is 0 Å². The fourth-order valence-corrected chi connectivity index (χ4v) is 2.30. The van der Waals surface area contributed by atoms with E-state index in [4.69, 9.17) is 5.73 Å². The van der Waals surface area contributed by atoms with Gasteiger partial charge in [0, 0.05) is 25.2 Å². The maximum absolute atomic E-state index is 5.91. The predicted molar refractivity (Wildman–Crippen MR) is 70.0 cm³/mol. The lowest BCUT2D eigenvalue weighted by Crippen LogP contribution is -2.45. The summed E-state index contributed by atoms with van der Waals surface area (Å²) in [4.78, 5) is 6.31. The van der Waals surface area contributed by atoms with E-state index in [2.05, 4.69) is 40.2 Å². The summed E-state index contributed by atoms with van der Waals surface area (Å²) >= 11 is 0. The van der Waals surface area contributed by atoms with Gasteiger partial charge >= 0.3 is 0 Å². The van der Waals surface area contributed by atoms with Crippen LogP contribution in [-0.4, -0.2) is 18.1 Å². The Balaban J connectivity index is 1.72. The highest BCUT2D eigenvalue weighted by molar-refractivity contribution is 5.67. The first-order valence-corrected chi connectivity index (χ1v) is 5.84. The first-order valence-electron chi connectivity index (χ1n) is 5.84. The minimum absolute atomic E-state index is 0.628. The van der Waals surface area contributed by atoms with Crippen LogP contribution in [0.2, 0.25) is 0 Å². The summed E-state index contributed by atoms with van der Waals surface area (Å²) in [5, 5.41) is 0. The molecule has 86 valence electrons. The molecule has 2 aromatic rings. The summed E-state index contributed by atoms with van der Waals surface area (Å²) in [7, 11) is 0. The molecular formula is C14H15N3. The Hall–Kier alpha value is -2.03. The quantitative estimate of drug-likeness (QED) is 0.852. The number of nitrogens with zero attached hydrogens (tertiary/aromatic N) is 2. The van der Waals surface area contributed by atoms with E-state index in [0.717, 1.165) is 24.5 Å². The van der Waals surface area contributed by atoms with Crippen molar-refractivity contribution >= 4 is 11.4 Å². The number of benzene rings is 1. The number of pyridine rings is 1. The third-order valence-electron chi connectivity index (χ3n) is 3.32. The fourth-order valence-electron chi connectivity index (χ4n) is 2.30. The van der Waals surface area contributed by atoms with E-state index >= 15 is 0 Å². The zero-order chi connectivity index (χ0) is 11.7. The molecule has 0 atom stereocenters. The first-order chi connectivity index (χ1) is 8.34. The molecule has 3 rings (SSSR count). The van der Waals surface area contributed by atoms with Crippen molar-refractivity contribution < 1.29 is 0 Å². The van der Waals surface area contributed by atoms with Gasteiger partial charge in [0.15, 0.2) is 0 Å². The lowest BCUT2D eigenvalue weighted by molar-refractivity contribution is 0.526. The first kappa shape index (κ1) is 10.1. The van der Waals surface area contributed by atoms with Crippen LogP contribution in [0.15, 0.2) is 48.8 Å². The van der Waals surface area contributed by atoms with Crippen LogP contribution in [0.4, 0.5) is 11.4 Å². The van der Waals surface area contributed by atoms with Crippen molar-refractivity contribution in [1.29, 1.82) is 0 Å². The van der Waals surface area contributed by atoms with Gasteiger partial charge in [-0.05, 0) is 11.6 Å². The number of anilines is 2. The Morgan fingerprint density at radius 1 is 1.12 bits per heavy atom. The Bertz CT molecular complexity index is 504. The van der Waals surface area contributed by atoms with Gasteiger partial charge in [-0.1, -0.05) is 30.3 Å². The van der Waals surface area contributed by atoms with Crippen LogP contribution in [0.5, 0.6) is 0 Å². The molecule has 1 aliphatic heterocycles. The monoisotopic (exact) mass is 225 g/mol. The molecule has 2 heterocycles. The van der Waals surface area contributed by atoms with Crippen molar-refractivity contribution in [3.63, 3.8) is 0 Å². The van der Waals surface area contributed by atoms with E-state index < -0.39 is 0 Å². The molecule has 0 amide bonds. The lowest BCUT2D eigenvalue weighted by Gasteiger charge is -2.41. The largest absolute Gasteiger partial charge is 0.396 e. The second-order valence-corrected chi connectivity index (χ2v) is 4.45. The van der Waals surface area contributed by atoms with Crippen molar-refractivity contribution in [3.8, 4) is 0 Å². The van der Waals surface area contributed by atoms with E-state index in [0.29, 0.717) is 5.92 Å². The van der Waals surface area contributed by atoms with Crippen molar-refractivity contribution in [2.75, 3.05) is 23.7 Å². The number of nitrogens with two attached hydrogens (primary N) is 1. The van der Waals surface area contributed by atoms with Gasteiger partial charge in [0.2, 0.25) is 0 Å². The molecular weight excluding hydrogens is 210 g/mol. The summed E-state index contributed by atoms with van der Waals surface area (Å²) in [6, 6.07) is 12.6. The minimum atomic E-state index is 0.628. The van der Waals surface area contributed by atoms with Crippen LogP contribution in [0.3, 0.4) is 0 Å². The molecule has 2 N–H and O–H groups in total. The summed E-state index contributed by atoms with van der Waals surface area (Å²) in [6.07, 6.45) is 3.51. The van der Waals surface area contributed by atoms with Gasteiger partial charge in [-0.15, -0.1) is 0 Å². The molecule has 0 saturated carbocycles. The normalized spacial score (nSPS) is 15.6. The van der Waals surface area contributed by atoms with Crippen LogP contribution in [0.1, 0.15) is 11.5 Å². The third-order valence-corrected chi connectivity index (χ3v) is 3.32. The van der Waals surface area contributed by atoms with Crippen molar-refractivity contribution in [2.45, 2.75) is 5.92 Å². The highest BCUT2D eigenvalue weighted by Gasteiger charge is 2.28. The molecule has 3 nitrogen and oxygen atoms in total. The van der Waals surface area contributed by atoms with Crippen LogP contribution in [-0.2, 0) is 0 Å². The molecule has 1 fully saturated rings. The van der Waals surface area contributed by atoms with Gasteiger partial charge in [-0.3, -0.25) is 4.98 Å². The van der Waals surface area contributed by atoms with Crippen molar-refractivity contribution in [2.24, 2.45) is 0 Å². The average Bonchev–Trinajstić information content (AvgIpc) is 2.31. The minimum Gasteiger partial charge on any atom is -0.396 e. The van der Waals surface area contributed by atoms with Gasteiger partial charge in [0.05, 0.1) is 17.6 Å². The summed E-state index contributed by atoms with van der Waals surface area (Å²) in [6.45, 7) is 2.08. The van der Waals surface area contributed by atoms with Crippen LogP contribution in [0, 0.1) is 0 Å². The smallest absolute Gasteiger partial charge is 0.0738 e. The molecule has 1 aromatic carbocycles. The van der Waals surface area contributed by atoms with Crippen molar-refractivity contribution in [1.82, 2.24) is 4.98 Å². The molecule has 0 unspecified atom stereocenters. The van der Waals surface area contributed by atoms with Crippen LogP contribution < -0.4 is 10.6 Å². The molecule has 0 radical (unpaired) electrons. The standard InChI is InChI=1S/C14H15N3/c15-13-8-16-7-6-14(13)17-9-12(10-17)11-4-2-1-3-5-11/h1-8,12H,9-10,15H2. The van der Waals surface area contributed by atoms with Gasteiger partial charge < -0.3 is 10.6 Å². The molecule has 17 heavy (non-hydrogen) atoms. The zero-order valence-corrected chi connectivity index (χ0v) is 9.58. The van der Waals surface area contributed by atoms with E-state index in [9.17, 15) is 0 Å². The van der Waals surface area contributed by atoms with Crippen molar-refractivity contribution in [3.05, 3.63) is 54.4 Å². The fraction of sp³-hybridized carbons (Fsp3) is 0.214. The second kappa shape index (κ2) is 4.09. The topological polar surface area (TPSA) is 42.1 Å². The molecule has 3 heteroatoms. The number of nitrogen functional groups attached to an aromatic ring is 1. The predicted octanol–water partition coefficient (Wildman–Crippen LogP) is 2.27. The Labute approximate surface area is 101 Å². The molecule has 0 aliphatic carbocycles. The molecule has 0 spiro atoms. The number of rotatable bonds is 2. The number of hydrogen-bond donors (Lipinski definition) is 1. The molecule has 1 aliphatic rings. The van der Waals surface area contributed by atoms with Gasteiger partial charge in [0.25, 0.3) is 0 Å². The zero-order valence-electron chi connectivity index (χ0n) is 9.58. The lowest BCUT2D eigenvalue weighted by atomic mass is 9.91. The molecule has 0 bridgehead atoms. The average molecular weight is 225 g/mol. The molecule has 1 saturated heterocycles. The van der Waals surface area contributed by atoms with Crippen LogP contribution in [0.25, 0.3) is 0 Å². The van der Waals surface area contributed by atoms with E-state index in [1.165, 1.54) is 5.56 Å². The third kappa shape index (κ3) is 1.84. The number of aromatic nitrogens is 1. The second-order valence-electron chi connectivity index (χ2n) is 4.45. The summed E-state index contributed by atoms with van der Waals surface area (Å²) in [5.74, 6) is 0.628. The van der Waals surface area contributed by atoms with E-state index in [1.807, 2.05) is 6.07 Å². The van der Waals surface area contributed by atoms with Gasteiger partial charge in [-0.2, -0.15) is 0 Å². The highest BCUT2D eigenvalue weighted by Crippen LogP contribution is 2.33. The maximum atomic E-state index is 5.91. The Morgan fingerprint density at radius 3 is 2.59 bits per heavy atom.